The minimum Gasteiger partial charge on any atom is -0.480 e. The van der Waals surface area contributed by atoms with Crippen LogP contribution in [-0.2, 0) is 4.79 Å². The highest BCUT2D eigenvalue weighted by atomic mass is 16.4. The Morgan fingerprint density at radius 1 is 1.50 bits per heavy atom. The predicted molar refractivity (Wildman–Crippen MR) is 66.2 cm³/mol. The van der Waals surface area contributed by atoms with Crippen LogP contribution in [0.1, 0.15) is 33.1 Å². The lowest BCUT2D eigenvalue weighted by Gasteiger charge is -2.32. The molecule has 1 heterocycles. The van der Waals surface area contributed by atoms with E-state index in [0.29, 0.717) is 19.4 Å². The first kappa shape index (κ1) is 14.8. The summed E-state index contributed by atoms with van der Waals surface area (Å²) in [5.74, 6) is -1.14. The van der Waals surface area contributed by atoms with Crippen LogP contribution < -0.4 is 5.32 Å². The van der Waals surface area contributed by atoms with Crippen molar-refractivity contribution in [3.63, 3.8) is 0 Å². The highest BCUT2D eigenvalue weighted by molar-refractivity contribution is 5.82. The maximum Gasteiger partial charge on any atom is 0.326 e. The summed E-state index contributed by atoms with van der Waals surface area (Å²) in [6.07, 6.45) is 1.61. The van der Waals surface area contributed by atoms with Crippen LogP contribution in [0.15, 0.2) is 0 Å². The molecule has 0 aromatic rings. The van der Waals surface area contributed by atoms with Gasteiger partial charge >= 0.3 is 12.0 Å². The number of aliphatic carboxylic acids is 1. The van der Waals surface area contributed by atoms with Gasteiger partial charge in [-0.15, -0.1) is 0 Å². The standard InChI is InChI=1S/C12H22N2O4/c1-3-8(2)10(11(16)17)13-12(18)14-6-4-5-9(15)7-14/h8-10,15H,3-7H2,1-2H3,(H,13,18)(H,16,17)/t8?,9?,10-/m0/s1. The van der Waals surface area contributed by atoms with Crippen LogP contribution in [0, 0.1) is 5.92 Å². The highest BCUT2D eigenvalue weighted by Gasteiger charge is 2.29. The zero-order valence-corrected chi connectivity index (χ0v) is 10.9. The lowest BCUT2D eigenvalue weighted by Crippen LogP contribution is -2.53. The molecule has 2 amide bonds. The average Bonchev–Trinajstić information content (AvgIpc) is 2.34. The van der Waals surface area contributed by atoms with Gasteiger partial charge in [-0.1, -0.05) is 20.3 Å². The molecule has 2 unspecified atom stereocenters. The summed E-state index contributed by atoms with van der Waals surface area (Å²) in [7, 11) is 0. The molecule has 18 heavy (non-hydrogen) atoms. The van der Waals surface area contributed by atoms with E-state index in [4.69, 9.17) is 5.11 Å². The Kier molecular flexibility index (Phi) is 5.40. The van der Waals surface area contributed by atoms with E-state index in [1.165, 1.54) is 4.90 Å². The van der Waals surface area contributed by atoms with Crippen LogP contribution in [-0.4, -0.2) is 52.3 Å². The van der Waals surface area contributed by atoms with Crippen LogP contribution in [0.2, 0.25) is 0 Å². The number of likely N-dealkylation sites (tertiary alicyclic amines) is 1. The van der Waals surface area contributed by atoms with Crippen molar-refractivity contribution in [2.45, 2.75) is 45.3 Å². The number of rotatable bonds is 4. The Bertz CT molecular complexity index is 308. The van der Waals surface area contributed by atoms with Crippen LogP contribution in [0.3, 0.4) is 0 Å². The number of aliphatic hydroxyl groups is 1. The van der Waals surface area contributed by atoms with Crippen molar-refractivity contribution in [2.75, 3.05) is 13.1 Å². The fraction of sp³-hybridized carbons (Fsp3) is 0.833. The zero-order valence-electron chi connectivity index (χ0n) is 10.9. The monoisotopic (exact) mass is 258 g/mol. The lowest BCUT2D eigenvalue weighted by molar-refractivity contribution is -0.140. The van der Waals surface area contributed by atoms with Crippen molar-refractivity contribution in [1.29, 1.82) is 0 Å². The molecule has 1 saturated heterocycles. The van der Waals surface area contributed by atoms with Crippen molar-refractivity contribution < 1.29 is 19.8 Å². The third kappa shape index (κ3) is 3.87. The van der Waals surface area contributed by atoms with Crippen molar-refractivity contribution >= 4 is 12.0 Å². The summed E-state index contributed by atoms with van der Waals surface area (Å²) >= 11 is 0. The van der Waals surface area contributed by atoms with E-state index < -0.39 is 24.1 Å². The molecule has 104 valence electrons. The molecule has 0 aromatic carbocycles. The van der Waals surface area contributed by atoms with Gasteiger partial charge in [0.1, 0.15) is 6.04 Å². The average molecular weight is 258 g/mol. The number of amides is 2. The van der Waals surface area contributed by atoms with Crippen molar-refractivity contribution in [1.82, 2.24) is 10.2 Å². The summed E-state index contributed by atoms with van der Waals surface area (Å²) in [5.41, 5.74) is 0. The number of piperidine rings is 1. The molecule has 0 aliphatic carbocycles. The SMILES string of the molecule is CCC(C)[C@H](NC(=O)N1CCCC(O)C1)C(=O)O. The largest absolute Gasteiger partial charge is 0.480 e. The number of urea groups is 1. The minimum absolute atomic E-state index is 0.124. The van der Waals surface area contributed by atoms with Gasteiger partial charge in [-0.2, -0.15) is 0 Å². The number of aliphatic hydroxyl groups excluding tert-OH is 1. The maximum atomic E-state index is 11.9. The van der Waals surface area contributed by atoms with E-state index in [0.717, 1.165) is 6.42 Å². The number of nitrogens with one attached hydrogen (secondary N) is 1. The van der Waals surface area contributed by atoms with E-state index >= 15 is 0 Å². The van der Waals surface area contributed by atoms with E-state index in [9.17, 15) is 14.7 Å². The summed E-state index contributed by atoms with van der Waals surface area (Å²) < 4.78 is 0. The molecule has 0 saturated carbocycles. The fourth-order valence-electron chi connectivity index (χ4n) is 2.05. The molecule has 0 aromatic heterocycles. The number of carboxylic acids is 1. The second-order valence-electron chi connectivity index (χ2n) is 4.89. The molecule has 1 fully saturated rings. The number of hydrogen-bond acceptors (Lipinski definition) is 3. The third-order valence-electron chi connectivity index (χ3n) is 3.44. The number of hydrogen-bond donors (Lipinski definition) is 3. The summed E-state index contributed by atoms with van der Waals surface area (Å²) in [6, 6.07) is -1.27. The Morgan fingerprint density at radius 3 is 2.67 bits per heavy atom. The molecule has 6 nitrogen and oxygen atoms in total. The van der Waals surface area contributed by atoms with Crippen molar-refractivity contribution in [3.8, 4) is 0 Å². The maximum absolute atomic E-state index is 11.9. The molecule has 0 bridgehead atoms. The Labute approximate surface area is 107 Å². The first-order chi connectivity index (χ1) is 8.45. The Morgan fingerprint density at radius 2 is 2.17 bits per heavy atom. The van der Waals surface area contributed by atoms with Gasteiger partial charge in [0.25, 0.3) is 0 Å². The number of carbonyl (C=O) groups is 2. The Balaban J connectivity index is 2.58. The van der Waals surface area contributed by atoms with Gasteiger partial charge < -0.3 is 20.4 Å². The molecule has 3 N–H and O–H groups in total. The molecule has 1 aliphatic heterocycles. The summed E-state index contributed by atoms with van der Waals surface area (Å²) in [6.45, 7) is 4.52. The number of carbonyl (C=O) groups excluding carboxylic acids is 1. The molecule has 0 spiro atoms. The zero-order chi connectivity index (χ0) is 13.7. The van der Waals surface area contributed by atoms with Gasteiger partial charge in [-0.05, 0) is 18.8 Å². The number of carboxylic acid groups (broad SMARTS) is 1. The highest BCUT2D eigenvalue weighted by Crippen LogP contribution is 2.12. The van der Waals surface area contributed by atoms with Gasteiger partial charge in [0.15, 0.2) is 0 Å². The second kappa shape index (κ2) is 6.58. The van der Waals surface area contributed by atoms with Gasteiger partial charge in [0.05, 0.1) is 6.10 Å². The van der Waals surface area contributed by atoms with Crippen LogP contribution in [0.5, 0.6) is 0 Å². The van der Waals surface area contributed by atoms with E-state index in [2.05, 4.69) is 5.32 Å². The first-order valence-corrected chi connectivity index (χ1v) is 6.42. The minimum atomic E-state index is -1.02. The number of β-amino-alcohol motifs (C(OH)–C–C–N with tert-alkyl or cyclic N) is 1. The van der Waals surface area contributed by atoms with Crippen molar-refractivity contribution in [3.05, 3.63) is 0 Å². The normalized spacial score (nSPS) is 23.3. The smallest absolute Gasteiger partial charge is 0.326 e. The predicted octanol–water partition coefficient (Wildman–Crippen LogP) is 0.652. The Hall–Kier alpha value is -1.30. The van der Waals surface area contributed by atoms with Crippen molar-refractivity contribution in [2.24, 2.45) is 5.92 Å². The molecular formula is C12H22N2O4. The molecule has 1 rings (SSSR count). The van der Waals surface area contributed by atoms with Gasteiger partial charge in [0.2, 0.25) is 0 Å². The molecular weight excluding hydrogens is 236 g/mol. The number of nitrogens with zero attached hydrogens (tertiary/aromatic N) is 1. The quantitative estimate of drug-likeness (QED) is 0.690. The molecule has 3 atom stereocenters. The van der Waals surface area contributed by atoms with Gasteiger partial charge in [0, 0.05) is 13.1 Å². The van der Waals surface area contributed by atoms with Crippen LogP contribution >= 0.6 is 0 Å². The van der Waals surface area contributed by atoms with Crippen LogP contribution in [0.25, 0.3) is 0 Å². The lowest BCUT2D eigenvalue weighted by atomic mass is 9.99. The van der Waals surface area contributed by atoms with Gasteiger partial charge in [-0.3, -0.25) is 0 Å². The molecule has 6 heteroatoms. The summed E-state index contributed by atoms with van der Waals surface area (Å²) in [4.78, 5) is 24.5. The summed E-state index contributed by atoms with van der Waals surface area (Å²) in [5, 5.41) is 21.1. The van der Waals surface area contributed by atoms with E-state index in [-0.39, 0.29) is 12.5 Å². The topological polar surface area (TPSA) is 89.9 Å². The second-order valence-corrected chi connectivity index (χ2v) is 4.89. The molecule has 1 aliphatic rings. The first-order valence-electron chi connectivity index (χ1n) is 6.42. The van der Waals surface area contributed by atoms with Gasteiger partial charge in [-0.25, -0.2) is 9.59 Å². The van der Waals surface area contributed by atoms with Crippen LogP contribution in [0.4, 0.5) is 4.79 Å². The van der Waals surface area contributed by atoms with E-state index in [1.807, 2.05) is 6.92 Å². The molecule has 0 radical (unpaired) electrons. The fourth-order valence-corrected chi connectivity index (χ4v) is 2.05. The van der Waals surface area contributed by atoms with E-state index in [1.54, 1.807) is 6.92 Å². The third-order valence-corrected chi connectivity index (χ3v) is 3.44.